The van der Waals surface area contributed by atoms with Crippen molar-refractivity contribution in [2.24, 2.45) is 0 Å². The molecule has 1 rings (SSSR count). The van der Waals surface area contributed by atoms with Gasteiger partial charge in [-0.1, -0.05) is 23.7 Å². The molecule has 0 saturated heterocycles. The Morgan fingerprint density at radius 1 is 1.30 bits per heavy atom. The third kappa shape index (κ3) is 4.69. The molecule has 0 aliphatic carbocycles. The van der Waals surface area contributed by atoms with Crippen LogP contribution >= 0.6 is 11.6 Å². The predicted octanol–water partition coefficient (Wildman–Crippen LogP) is 3.45. The molecular weight excluding hydrogens is 274 g/mol. The van der Waals surface area contributed by atoms with Crippen LogP contribution in [0.3, 0.4) is 0 Å². The lowest BCUT2D eigenvalue weighted by Gasteiger charge is -2.28. The van der Waals surface area contributed by atoms with Gasteiger partial charge in [0.15, 0.2) is 0 Å². The predicted molar refractivity (Wildman–Crippen MR) is 85.6 cm³/mol. The van der Waals surface area contributed by atoms with E-state index < -0.39 is 0 Å². The summed E-state index contributed by atoms with van der Waals surface area (Å²) in [7, 11) is 3.99. The van der Waals surface area contributed by atoms with Gasteiger partial charge in [0.1, 0.15) is 0 Å². The minimum atomic E-state index is -0.113. The number of hydrogen-bond acceptors (Lipinski definition) is 2. The summed E-state index contributed by atoms with van der Waals surface area (Å²) < 4.78 is 0. The fraction of sp³-hybridized carbons (Fsp3) is 0.533. The Morgan fingerprint density at radius 2 is 1.95 bits per heavy atom. The van der Waals surface area contributed by atoms with Gasteiger partial charge in [0.05, 0.1) is 10.7 Å². The smallest absolute Gasteiger partial charge is 0.321 e. The lowest BCUT2D eigenvalue weighted by atomic mass is 10.2. The first kappa shape index (κ1) is 16.8. The Labute approximate surface area is 126 Å². The van der Waals surface area contributed by atoms with Gasteiger partial charge in [-0.2, -0.15) is 0 Å². The van der Waals surface area contributed by atoms with E-state index in [1.165, 1.54) is 0 Å². The Hall–Kier alpha value is -1.26. The lowest BCUT2D eigenvalue weighted by molar-refractivity contribution is 0.189. The van der Waals surface area contributed by atoms with Crippen LogP contribution in [0.5, 0.6) is 0 Å². The third-order valence-electron chi connectivity index (χ3n) is 3.13. The Kier molecular flexibility index (Phi) is 6.30. The van der Waals surface area contributed by atoms with E-state index in [0.717, 1.165) is 12.1 Å². The largest absolute Gasteiger partial charge is 0.322 e. The summed E-state index contributed by atoms with van der Waals surface area (Å²) in [4.78, 5) is 16.3. The maximum Gasteiger partial charge on any atom is 0.322 e. The van der Waals surface area contributed by atoms with Crippen molar-refractivity contribution in [3.05, 3.63) is 28.8 Å². The van der Waals surface area contributed by atoms with E-state index in [4.69, 9.17) is 11.6 Å². The molecule has 0 bridgehead atoms. The van der Waals surface area contributed by atoms with Gasteiger partial charge in [-0.3, -0.25) is 0 Å². The Morgan fingerprint density at radius 3 is 2.45 bits per heavy atom. The third-order valence-corrected chi connectivity index (χ3v) is 3.44. The van der Waals surface area contributed by atoms with Crippen molar-refractivity contribution in [3.63, 3.8) is 0 Å². The number of carbonyl (C=O) groups excluding carboxylic acids is 1. The molecular formula is C15H24ClN3O. The summed E-state index contributed by atoms with van der Waals surface area (Å²) in [5.74, 6) is 0. The summed E-state index contributed by atoms with van der Waals surface area (Å²) >= 11 is 6.14. The number of amides is 2. The molecule has 0 radical (unpaired) electrons. The van der Waals surface area contributed by atoms with Gasteiger partial charge in [0.25, 0.3) is 0 Å². The zero-order valence-corrected chi connectivity index (χ0v) is 13.7. The normalized spacial score (nSPS) is 11.0. The molecule has 0 aliphatic heterocycles. The number of hydrogen-bond donors (Lipinski definition) is 1. The van der Waals surface area contributed by atoms with E-state index in [-0.39, 0.29) is 12.1 Å². The van der Waals surface area contributed by atoms with Crippen molar-refractivity contribution in [1.29, 1.82) is 0 Å². The summed E-state index contributed by atoms with van der Waals surface area (Å²) in [5.41, 5.74) is 1.65. The number of halogens is 1. The maximum absolute atomic E-state index is 12.4. The van der Waals surface area contributed by atoms with E-state index in [1.807, 2.05) is 51.9 Å². The molecule has 0 heterocycles. The number of likely N-dealkylation sites (N-methyl/N-ethyl adjacent to an activating group) is 1. The molecule has 5 heteroatoms. The second-order valence-electron chi connectivity index (χ2n) is 5.45. The first-order valence-corrected chi connectivity index (χ1v) is 7.18. The average molecular weight is 298 g/mol. The second-order valence-corrected chi connectivity index (χ2v) is 5.86. The fourth-order valence-electron chi connectivity index (χ4n) is 1.87. The number of benzene rings is 1. The van der Waals surface area contributed by atoms with Crippen molar-refractivity contribution in [1.82, 2.24) is 9.80 Å². The molecule has 1 aromatic carbocycles. The van der Waals surface area contributed by atoms with Gasteiger partial charge in [0.2, 0.25) is 0 Å². The highest BCUT2D eigenvalue weighted by atomic mass is 35.5. The van der Waals surface area contributed by atoms with Crippen LogP contribution in [0.25, 0.3) is 0 Å². The first-order chi connectivity index (χ1) is 9.32. The summed E-state index contributed by atoms with van der Waals surface area (Å²) in [5, 5.41) is 3.48. The van der Waals surface area contributed by atoms with Crippen LogP contribution in [0.1, 0.15) is 19.4 Å². The quantitative estimate of drug-likeness (QED) is 0.903. The first-order valence-electron chi connectivity index (χ1n) is 6.80. The number of para-hydroxylation sites is 1. The summed E-state index contributed by atoms with van der Waals surface area (Å²) in [6.07, 6.45) is 0. The number of aryl methyl sites for hydroxylation is 1. The van der Waals surface area contributed by atoms with Crippen LogP contribution in [0.4, 0.5) is 10.5 Å². The van der Waals surface area contributed by atoms with Crippen molar-refractivity contribution >= 4 is 23.3 Å². The average Bonchev–Trinajstić information content (AvgIpc) is 2.33. The zero-order chi connectivity index (χ0) is 15.3. The van der Waals surface area contributed by atoms with E-state index >= 15 is 0 Å². The maximum atomic E-state index is 12.4. The molecule has 0 atom stereocenters. The molecule has 0 aromatic heterocycles. The molecule has 0 fully saturated rings. The van der Waals surface area contributed by atoms with Crippen LogP contribution in [-0.2, 0) is 0 Å². The van der Waals surface area contributed by atoms with Gasteiger partial charge >= 0.3 is 6.03 Å². The molecule has 0 saturated carbocycles. The van der Waals surface area contributed by atoms with Crippen LogP contribution in [0.15, 0.2) is 18.2 Å². The molecule has 1 N–H and O–H groups in total. The molecule has 4 nitrogen and oxygen atoms in total. The van der Waals surface area contributed by atoms with Crippen LogP contribution in [0, 0.1) is 6.92 Å². The van der Waals surface area contributed by atoms with Crippen LogP contribution in [-0.4, -0.2) is 49.1 Å². The van der Waals surface area contributed by atoms with Crippen LogP contribution in [0.2, 0.25) is 5.02 Å². The van der Waals surface area contributed by atoms with Crippen molar-refractivity contribution in [2.75, 3.05) is 32.5 Å². The lowest BCUT2D eigenvalue weighted by Crippen LogP contribution is -2.43. The number of carbonyl (C=O) groups is 1. The van der Waals surface area contributed by atoms with Crippen molar-refractivity contribution in [2.45, 2.75) is 26.8 Å². The topological polar surface area (TPSA) is 35.6 Å². The minimum absolute atomic E-state index is 0.113. The Balaban J connectivity index is 2.81. The van der Waals surface area contributed by atoms with E-state index in [9.17, 15) is 4.79 Å². The number of urea groups is 1. The molecule has 112 valence electrons. The standard InChI is InChI=1S/C15H24ClN3O/c1-11(2)19(10-9-18(4)5)15(20)17-14-12(3)7-6-8-13(14)16/h6-8,11H,9-10H2,1-5H3,(H,17,20). The highest BCUT2D eigenvalue weighted by Gasteiger charge is 2.18. The van der Waals surface area contributed by atoms with Crippen molar-refractivity contribution in [3.8, 4) is 0 Å². The number of nitrogens with zero attached hydrogens (tertiary/aromatic N) is 2. The molecule has 0 aliphatic rings. The van der Waals surface area contributed by atoms with E-state index in [1.54, 1.807) is 6.07 Å². The van der Waals surface area contributed by atoms with Gasteiger partial charge in [-0.25, -0.2) is 4.79 Å². The molecule has 0 unspecified atom stereocenters. The Bertz CT molecular complexity index is 440. The van der Waals surface area contributed by atoms with Gasteiger partial charge in [0, 0.05) is 19.1 Å². The minimum Gasteiger partial charge on any atom is -0.321 e. The van der Waals surface area contributed by atoms with Crippen molar-refractivity contribution < 1.29 is 4.79 Å². The fourth-order valence-corrected chi connectivity index (χ4v) is 2.14. The number of nitrogens with one attached hydrogen (secondary N) is 1. The van der Waals surface area contributed by atoms with E-state index in [0.29, 0.717) is 17.3 Å². The van der Waals surface area contributed by atoms with Gasteiger partial charge < -0.3 is 15.1 Å². The second kappa shape index (κ2) is 7.50. The molecule has 1 aromatic rings. The molecule has 0 spiro atoms. The highest BCUT2D eigenvalue weighted by Crippen LogP contribution is 2.25. The van der Waals surface area contributed by atoms with Gasteiger partial charge in [-0.05, 0) is 46.5 Å². The SMILES string of the molecule is Cc1cccc(Cl)c1NC(=O)N(CCN(C)C)C(C)C. The summed E-state index contributed by atoms with van der Waals surface area (Å²) in [6.45, 7) is 7.46. The summed E-state index contributed by atoms with van der Waals surface area (Å²) in [6, 6.07) is 5.61. The van der Waals surface area contributed by atoms with E-state index in [2.05, 4.69) is 10.2 Å². The zero-order valence-electron chi connectivity index (χ0n) is 12.9. The van der Waals surface area contributed by atoms with Gasteiger partial charge in [-0.15, -0.1) is 0 Å². The van der Waals surface area contributed by atoms with Crippen LogP contribution < -0.4 is 5.32 Å². The number of anilines is 1. The highest BCUT2D eigenvalue weighted by molar-refractivity contribution is 6.33. The number of rotatable bonds is 5. The molecule has 20 heavy (non-hydrogen) atoms. The molecule has 2 amide bonds. The monoisotopic (exact) mass is 297 g/mol.